The molecule has 21 heavy (non-hydrogen) atoms. The number of nitrogens with one attached hydrogen (secondary N) is 1. The van der Waals surface area contributed by atoms with Crippen LogP contribution in [0.15, 0.2) is 18.2 Å². The lowest BCUT2D eigenvalue weighted by Gasteiger charge is -2.50. The van der Waals surface area contributed by atoms with E-state index in [2.05, 4.69) is 15.2 Å². The third kappa shape index (κ3) is 2.60. The zero-order chi connectivity index (χ0) is 14.8. The monoisotopic (exact) mass is 292 g/mol. The Kier molecular flexibility index (Phi) is 4.30. The Morgan fingerprint density at radius 1 is 1.14 bits per heavy atom. The predicted molar refractivity (Wildman–Crippen MR) is 81.4 cm³/mol. The summed E-state index contributed by atoms with van der Waals surface area (Å²) in [7, 11) is 3.37. The minimum Gasteiger partial charge on any atom is -0.496 e. The van der Waals surface area contributed by atoms with Gasteiger partial charge in [-0.15, -0.1) is 0 Å². The Bertz CT molecular complexity index is 466. The van der Waals surface area contributed by atoms with Crippen molar-refractivity contribution in [1.82, 2.24) is 15.2 Å². The summed E-state index contributed by atoms with van der Waals surface area (Å²) in [4.78, 5) is 5.01. The number of nitrogens with two attached hydrogens (primary N) is 1. The van der Waals surface area contributed by atoms with Gasteiger partial charge in [0.05, 0.1) is 25.8 Å². The molecular formula is C15H24N4O2. The molecule has 4 rings (SSSR count). The van der Waals surface area contributed by atoms with Gasteiger partial charge in [-0.1, -0.05) is 6.07 Å². The summed E-state index contributed by atoms with van der Waals surface area (Å²) in [5.74, 6) is 7.54. The van der Waals surface area contributed by atoms with E-state index in [1.54, 1.807) is 14.2 Å². The highest BCUT2D eigenvalue weighted by Gasteiger charge is 2.39. The molecule has 0 aliphatic carbocycles. The molecule has 2 unspecified atom stereocenters. The summed E-state index contributed by atoms with van der Waals surface area (Å²) in [5, 5.41) is 0. The van der Waals surface area contributed by atoms with Gasteiger partial charge in [-0.05, 0) is 12.1 Å². The Balaban J connectivity index is 1.96. The van der Waals surface area contributed by atoms with Gasteiger partial charge in [0, 0.05) is 38.8 Å². The maximum absolute atomic E-state index is 5.91. The molecule has 116 valence electrons. The van der Waals surface area contributed by atoms with Crippen molar-refractivity contribution in [2.24, 2.45) is 5.84 Å². The fourth-order valence-corrected chi connectivity index (χ4v) is 3.55. The third-order valence-corrected chi connectivity index (χ3v) is 4.66. The van der Waals surface area contributed by atoms with Gasteiger partial charge < -0.3 is 9.47 Å². The number of methoxy groups -OCH3 is 2. The van der Waals surface area contributed by atoms with Crippen LogP contribution in [-0.4, -0.2) is 62.8 Å². The van der Waals surface area contributed by atoms with Crippen molar-refractivity contribution >= 4 is 0 Å². The molecule has 3 saturated heterocycles. The highest BCUT2D eigenvalue weighted by atomic mass is 16.5. The topological polar surface area (TPSA) is 63.0 Å². The minimum absolute atomic E-state index is 0.0146. The van der Waals surface area contributed by atoms with E-state index in [4.69, 9.17) is 15.3 Å². The van der Waals surface area contributed by atoms with E-state index in [1.165, 1.54) is 0 Å². The number of benzene rings is 1. The maximum atomic E-state index is 5.91. The van der Waals surface area contributed by atoms with Gasteiger partial charge in [-0.2, -0.15) is 0 Å². The van der Waals surface area contributed by atoms with Crippen LogP contribution in [-0.2, 0) is 0 Å². The second-order valence-corrected chi connectivity index (χ2v) is 5.62. The number of hydrazine groups is 1. The normalized spacial score (nSPS) is 29.2. The number of nitrogens with zero attached hydrogens (tertiary/aromatic N) is 2. The van der Waals surface area contributed by atoms with E-state index in [0.717, 1.165) is 49.8 Å². The molecule has 3 aliphatic rings. The fourth-order valence-electron chi connectivity index (χ4n) is 3.55. The summed E-state index contributed by atoms with van der Waals surface area (Å²) in [6, 6.07) is 6.17. The van der Waals surface area contributed by atoms with Crippen molar-refractivity contribution in [3.05, 3.63) is 23.8 Å². The van der Waals surface area contributed by atoms with Gasteiger partial charge in [0.15, 0.2) is 0 Å². The molecule has 0 spiro atoms. The van der Waals surface area contributed by atoms with Gasteiger partial charge >= 0.3 is 0 Å². The van der Waals surface area contributed by atoms with Gasteiger partial charge in [-0.3, -0.25) is 21.1 Å². The molecule has 6 nitrogen and oxygen atoms in total. The average molecular weight is 292 g/mol. The predicted octanol–water partition coefficient (Wildman–Crippen LogP) is 0.208. The molecule has 3 heterocycles. The van der Waals surface area contributed by atoms with Crippen LogP contribution in [0.3, 0.4) is 0 Å². The number of rotatable bonds is 5. The number of fused-ring (bicyclic) bond motifs is 3. The second-order valence-electron chi connectivity index (χ2n) is 5.62. The molecule has 1 aromatic carbocycles. The van der Waals surface area contributed by atoms with Crippen LogP contribution in [0.4, 0.5) is 0 Å². The lowest BCUT2D eigenvalue weighted by atomic mass is 9.93. The molecule has 0 amide bonds. The van der Waals surface area contributed by atoms with E-state index in [-0.39, 0.29) is 6.04 Å². The number of ether oxygens (including phenoxy) is 2. The molecule has 6 heteroatoms. The summed E-state index contributed by atoms with van der Waals surface area (Å²) in [6.07, 6.45) is 0. The summed E-state index contributed by atoms with van der Waals surface area (Å²) >= 11 is 0. The third-order valence-electron chi connectivity index (χ3n) is 4.66. The average Bonchev–Trinajstić information content (AvgIpc) is 2.56. The van der Waals surface area contributed by atoms with Crippen LogP contribution in [0.2, 0.25) is 0 Å². The quantitative estimate of drug-likeness (QED) is 0.597. The van der Waals surface area contributed by atoms with Crippen molar-refractivity contribution in [1.29, 1.82) is 0 Å². The Morgan fingerprint density at radius 3 is 2.19 bits per heavy atom. The standard InChI is InChI=1S/C15H24N4O2/c1-20-12-4-3-5-13(21-2)14(12)15(17-16)11-10-18-6-8-19(11)9-7-18/h3-5,11,15,17H,6-10,16H2,1-2H3. The number of hydrogen-bond donors (Lipinski definition) is 2. The van der Waals surface area contributed by atoms with Crippen LogP contribution in [0.25, 0.3) is 0 Å². The fraction of sp³-hybridized carbons (Fsp3) is 0.600. The Labute approximate surface area is 125 Å². The van der Waals surface area contributed by atoms with Crippen molar-refractivity contribution in [2.75, 3.05) is 46.9 Å². The Hall–Kier alpha value is -1.34. The van der Waals surface area contributed by atoms with E-state index in [0.29, 0.717) is 6.04 Å². The largest absolute Gasteiger partial charge is 0.496 e. The number of piperazine rings is 3. The molecule has 1 aromatic rings. The molecule has 0 aromatic heterocycles. The first-order valence-corrected chi connectivity index (χ1v) is 7.42. The van der Waals surface area contributed by atoms with Crippen molar-refractivity contribution in [3.63, 3.8) is 0 Å². The van der Waals surface area contributed by atoms with Gasteiger partial charge in [0.2, 0.25) is 0 Å². The first kappa shape index (κ1) is 14.6. The van der Waals surface area contributed by atoms with Crippen molar-refractivity contribution in [2.45, 2.75) is 12.1 Å². The lowest BCUT2D eigenvalue weighted by molar-refractivity contribution is -0.00433. The minimum atomic E-state index is -0.0146. The van der Waals surface area contributed by atoms with Crippen molar-refractivity contribution < 1.29 is 9.47 Å². The van der Waals surface area contributed by atoms with Gasteiger partial charge in [-0.25, -0.2) is 0 Å². The Morgan fingerprint density at radius 2 is 1.76 bits per heavy atom. The maximum Gasteiger partial charge on any atom is 0.127 e. The van der Waals surface area contributed by atoms with Gasteiger partial charge in [0.25, 0.3) is 0 Å². The van der Waals surface area contributed by atoms with Crippen LogP contribution in [0, 0.1) is 0 Å². The molecule has 2 atom stereocenters. The van der Waals surface area contributed by atoms with Crippen LogP contribution in [0.5, 0.6) is 11.5 Å². The second kappa shape index (κ2) is 6.19. The SMILES string of the molecule is COc1cccc(OC)c1C(NN)C1CN2CCN1CC2. The molecule has 2 bridgehead atoms. The van der Waals surface area contributed by atoms with Crippen molar-refractivity contribution in [3.8, 4) is 11.5 Å². The van der Waals surface area contributed by atoms with Crippen LogP contribution in [0.1, 0.15) is 11.6 Å². The summed E-state index contributed by atoms with van der Waals surface area (Å²) < 4.78 is 11.1. The van der Waals surface area contributed by atoms with E-state index in [9.17, 15) is 0 Å². The molecule has 3 N–H and O–H groups in total. The first-order chi connectivity index (χ1) is 10.3. The summed E-state index contributed by atoms with van der Waals surface area (Å²) in [6.45, 7) is 5.52. The molecule has 3 aliphatic heterocycles. The number of hydrogen-bond acceptors (Lipinski definition) is 6. The summed E-state index contributed by atoms with van der Waals surface area (Å²) in [5.41, 5.74) is 4.00. The zero-order valence-electron chi connectivity index (χ0n) is 12.7. The van der Waals surface area contributed by atoms with E-state index < -0.39 is 0 Å². The van der Waals surface area contributed by atoms with E-state index in [1.807, 2.05) is 18.2 Å². The highest BCUT2D eigenvalue weighted by Crippen LogP contribution is 2.38. The highest BCUT2D eigenvalue weighted by molar-refractivity contribution is 5.47. The lowest BCUT2D eigenvalue weighted by Crippen LogP contribution is -2.64. The molecule has 0 radical (unpaired) electrons. The molecular weight excluding hydrogens is 268 g/mol. The first-order valence-electron chi connectivity index (χ1n) is 7.42. The van der Waals surface area contributed by atoms with Crippen LogP contribution >= 0.6 is 0 Å². The van der Waals surface area contributed by atoms with Gasteiger partial charge in [0.1, 0.15) is 11.5 Å². The zero-order valence-corrected chi connectivity index (χ0v) is 12.7. The smallest absolute Gasteiger partial charge is 0.127 e. The molecule has 3 fully saturated rings. The van der Waals surface area contributed by atoms with Crippen LogP contribution < -0.4 is 20.7 Å². The molecule has 0 saturated carbocycles. The van der Waals surface area contributed by atoms with E-state index >= 15 is 0 Å².